The van der Waals surface area contributed by atoms with Crippen molar-refractivity contribution in [3.63, 3.8) is 0 Å². The van der Waals surface area contributed by atoms with Crippen LogP contribution in [-0.4, -0.2) is 9.97 Å². The number of hydrogen-bond acceptors (Lipinski definition) is 2. The van der Waals surface area contributed by atoms with E-state index < -0.39 is 0 Å². The van der Waals surface area contributed by atoms with Crippen LogP contribution < -0.4 is 0 Å². The summed E-state index contributed by atoms with van der Waals surface area (Å²) in [5.41, 5.74) is 7.66. The maximum atomic E-state index is 6.14. The van der Waals surface area contributed by atoms with Gasteiger partial charge in [0, 0.05) is 10.9 Å². The molecule has 0 atom stereocenters. The molecule has 0 saturated heterocycles. The minimum absolute atomic E-state index is 0.266. The first-order valence-electron chi connectivity index (χ1n) is 8.93. The van der Waals surface area contributed by atoms with E-state index in [9.17, 15) is 0 Å². The number of halogens is 1. The zero-order chi connectivity index (χ0) is 18.8. The number of benzene rings is 3. The Morgan fingerprint density at radius 2 is 1.56 bits per heavy atom. The average Bonchev–Trinajstić information content (AvgIpc) is 2.69. The summed E-state index contributed by atoms with van der Waals surface area (Å²) in [5, 5.41) is 1.27. The van der Waals surface area contributed by atoms with Gasteiger partial charge in [0.2, 0.25) is 5.28 Å². The van der Waals surface area contributed by atoms with E-state index in [-0.39, 0.29) is 5.28 Å². The minimum atomic E-state index is 0.266. The first-order chi connectivity index (χ1) is 13.2. The van der Waals surface area contributed by atoms with E-state index >= 15 is 0 Å². The molecule has 0 aliphatic carbocycles. The van der Waals surface area contributed by atoms with Gasteiger partial charge in [-0.15, -0.1) is 0 Å². The number of hydrogen-bond donors (Lipinski definition) is 0. The molecule has 1 heterocycles. The lowest BCUT2D eigenvalue weighted by molar-refractivity contribution is 1.22. The molecule has 0 N–H and O–H groups in total. The highest BCUT2D eigenvalue weighted by Gasteiger charge is 2.10. The summed E-state index contributed by atoms with van der Waals surface area (Å²) in [6, 6.07) is 22.8. The van der Waals surface area contributed by atoms with Gasteiger partial charge in [0.05, 0.1) is 11.2 Å². The Morgan fingerprint density at radius 3 is 2.33 bits per heavy atom. The highest BCUT2D eigenvalue weighted by Crippen LogP contribution is 2.31. The van der Waals surface area contributed by atoms with Crippen molar-refractivity contribution in [1.82, 2.24) is 9.97 Å². The molecule has 2 nitrogen and oxygen atoms in total. The van der Waals surface area contributed by atoms with Crippen LogP contribution in [0.1, 0.15) is 18.1 Å². The topological polar surface area (TPSA) is 25.8 Å². The van der Waals surface area contributed by atoms with Gasteiger partial charge < -0.3 is 0 Å². The lowest BCUT2D eigenvalue weighted by Crippen LogP contribution is -1.92. The smallest absolute Gasteiger partial charge is 0.218 e. The van der Waals surface area contributed by atoms with E-state index in [4.69, 9.17) is 11.6 Å². The molecule has 3 aromatic carbocycles. The molecule has 0 spiro atoms. The van der Waals surface area contributed by atoms with Crippen LogP contribution in [0.3, 0.4) is 0 Å². The molecular formula is C24H19ClN2. The van der Waals surface area contributed by atoms with Gasteiger partial charge in [-0.1, -0.05) is 72.8 Å². The van der Waals surface area contributed by atoms with Crippen molar-refractivity contribution in [3.05, 3.63) is 89.2 Å². The van der Waals surface area contributed by atoms with Crippen molar-refractivity contribution < 1.29 is 0 Å². The van der Waals surface area contributed by atoms with Crippen LogP contribution >= 0.6 is 11.6 Å². The van der Waals surface area contributed by atoms with Crippen molar-refractivity contribution >= 4 is 28.6 Å². The summed E-state index contributed by atoms with van der Waals surface area (Å²) in [6.45, 7) is 4.19. The second-order valence-corrected chi connectivity index (χ2v) is 6.81. The molecule has 0 bridgehead atoms. The Labute approximate surface area is 164 Å². The highest BCUT2D eigenvalue weighted by atomic mass is 35.5. The van der Waals surface area contributed by atoms with Crippen molar-refractivity contribution in [1.29, 1.82) is 0 Å². The molecule has 0 amide bonds. The molecule has 0 aliphatic heterocycles. The summed E-state index contributed by atoms with van der Waals surface area (Å²) >= 11 is 6.14. The van der Waals surface area contributed by atoms with E-state index in [0.29, 0.717) is 0 Å². The Bertz CT molecular complexity index is 1140. The maximum Gasteiger partial charge on any atom is 0.223 e. The standard InChI is InChI=1S/C24H19ClN2/c1-3-7-19-16(2)8-6-10-20(19)17-12-14-18(15-13-17)23-21-9-4-5-11-22(21)26-24(25)27-23/h3-15H,1-2H3/b7-3-. The van der Waals surface area contributed by atoms with Crippen LogP contribution in [0, 0.1) is 6.92 Å². The van der Waals surface area contributed by atoms with Crippen LogP contribution in [0.2, 0.25) is 5.28 Å². The lowest BCUT2D eigenvalue weighted by atomic mass is 9.94. The SMILES string of the molecule is C/C=C\c1c(C)cccc1-c1ccc(-c2nc(Cl)nc3ccccc23)cc1. The number of nitrogens with zero attached hydrogens (tertiary/aromatic N) is 2. The average molecular weight is 371 g/mol. The molecule has 4 aromatic rings. The van der Waals surface area contributed by atoms with E-state index in [1.165, 1.54) is 22.3 Å². The summed E-state index contributed by atoms with van der Waals surface area (Å²) in [6.07, 6.45) is 4.24. The van der Waals surface area contributed by atoms with Crippen molar-refractivity contribution in [2.75, 3.05) is 0 Å². The predicted octanol–water partition coefficient (Wildman–Crippen LogP) is 6.96. The van der Waals surface area contributed by atoms with Crippen LogP contribution in [-0.2, 0) is 0 Å². The van der Waals surface area contributed by atoms with Gasteiger partial charge in [-0.25, -0.2) is 9.97 Å². The van der Waals surface area contributed by atoms with Gasteiger partial charge in [0.15, 0.2) is 0 Å². The zero-order valence-electron chi connectivity index (χ0n) is 15.3. The molecule has 27 heavy (non-hydrogen) atoms. The predicted molar refractivity (Wildman–Crippen MR) is 115 cm³/mol. The summed E-state index contributed by atoms with van der Waals surface area (Å²) in [7, 11) is 0. The first-order valence-corrected chi connectivity index (χ1v) is 9.30. The van der Waals surface area contributed by atoms with Crippen LogP contribution in [0.15, 0.2) is 72.8 Å². The van der Waals surface area contributed by atoms with Gasteiger partial charge in [-0.05, 0) is 53.8 Å². The summed E-state index contributed by atoms with van der Waals surface area (Å²) in [5.74, 6) is 0. The molecule has 0 unspecified atom stereocenters. The Hall–Kier alpha value is -2.97. The highest BCUT2D eigenvalue weighted by molar-refractivity contribution is 6.28. The number of para-hydroxylation sites is 1. The molecular weight excluding hydrogens is 352 g/mol. The van der Waals surface area contributed by atoms with Gasteiger partial charge in [0.25, 0.3) is 0 Å². The Kier molecular flexibility index (Phi) is 4.74. The minimum Gasteiger partial charge on any atom is -0.218 e. The van der Waals surface area contributed by atoms with Gasteiger partial charge in [0.1, 0.15) is 0 Å². The third kappa shape index (κ3) is 3.36. The lowest BCUT2D eigenvalue weighted by Gasteiger charge is -2.11. The van der Waals surface area contributed by atoms with Crippen molar-refractivity contribution in [2.45, 2.75) is 13.8 Å². The fourth-order valence-electron chi connectivity index (χ4n) is 3.40. The first kappa shape index (κ1) is 17.4. The molecule has 3 heteroatoms. The number of aryl methyl sites for hydroxylation is 1. The summed E-state index contributed by atoms with van der Waals surface area (Å²) < 4.78 is 0. The van der Waals surface area contributed by atoms with Gasteiger partial charge >= 0.3 is 0 Å². The zero-order valence-corrected chi connectivity index (χ0v) is 16.0. The molecule has 0 aliphatic rings. The van der Waals surface area contributed by atoms with Crippen molar-refractivity contribution in [2.24, 2.45) is 0 Å². The van der Waals surface area contributed by atoms with Gasteiger partial charge in [-0.3, -0.25) is 0 Å². The molecule has 4 rings (SSSR count). The summed E-state index contributed by atoms with van der Waals surface area (Å²) in [4.78, 5) is 8.79. The molecule has 1 aromatic heterocycles. The van der Waals surface area contributed by atoms with Crippen LogP contribution in [0.5, 0.6) is 0 Å². The van der Waals surface area contributed by atoms with E-state index in [1.54, 1.807) is 0 Å². The van der Waals surface area contributed by atoms with E-state index in [2.05, 4.69) is 71.5 Å². The number of rotatable bonds is 3. The Morgan fingerprint density at radius 1 is 0.815 bits per heavy atom. The molecule has 0 radical (unpaired) electrons. The fourth-order valence-corrected chi connectivity index (χ4v) is 3.57. The van der Waals surface area contributed by atoms with Crippen LogP contribution in [0.25, 0.3) is 39.4 Å². The maximum absolute atomic E-state index is 6.14. The van der Waals surface area contributed by atoms with Crippen LogP contribution in [0.4, 0.5) is 0 Å². The molecule has 132 valence electrons. The second-order valence-electron chi connectivity index (χ2n) is 6.47. The third-order valence-corrected chi connectivity index (χ3v) is 4.87. The number of allylic oxidation sites excluding steroid dienone is 1. The van der Waals surface area contributed by atoms with Gasteiger partial charge in [-0.2, -0.15) is 0 Å². The quantitative estimate of drug-likeness (QED) is 0.364. The van der Waals surface area contributed by atoms with E-state index in [0.717, 1.165) is 22.2 Å². The largest absolute Gasteiger partial charge is 0.223 e. The normalized spacial score (nSPS) is 11.4. The molecule has 0 fully saturated rings. The van der Waals surface area contributed by atoms with E-state index in [1.807, 2.05) is 31.2 Å². The monoisotopic (exact) mass is 370 g/mol. The Balaban J connectivity index is 1.82. The third-order valence-electron chi connectivity index (χ3n) is 4.70. The molecule has 0 saturated carbocycles. The second kappa shape index (κ2) is 7.34. The fraction of sp³-hybridized carbons (Fsp3) is 0.0833. The number of aromatic nitrogens is 2. The number of fused-ring (bicyclic) bond motifs is 1. The van der Waals surface area contributed by atoms with Crippen molar-refractivity contribution in [3.8, 4) is 22.4 Å².